The minimum atomic E-state index is -3.37. The topological polar surface area (TPSA) is 75.7 Å². The number of benzene rings is 2. The first-order valence-corrected chi connectivity index (χ1v) is 10.7. The van der Waals surface area contributed by atoms with Crippen molar-refractivity contribution in [2.24, 2.45) is 0 Å². The number of amides is 1. The lowest BCUT2D eigenvalue weighted by Crippen LogP contribution is -2.44. The van der Waals surface area contributed by atoms with Gasteiger partial charge in [-0.1, -0.05) is 36.4 Å². The summed E-state index contributed by atoms with van der Waals surface area (Å²) < 4.78 is 30.2. The van der Waals surface area contributed by atoms with Crippen LogP contribution in [0.25, 0.3) is 0 Å². The van der Waals surface area contributed by atoms with Crippen molar-refractivity contribution in [1.29, 1.82) is 0 Å². The maximum absolute atomic E-state index is 13.3. The highest BCUT2D eigenvalue weighted by Gasteiger charge is 2.41. The molecule has 3 rings (SSSR count). The second kappa shape index (κ2) is 7.70. The molecule has 1 aliphatic rings. The van der Waals surface area contributed by atoms with Gasteiger partial charge in [0.05, 0.1) is 17.4 Å². The van der Waals surface area contributed by atoms with Crippen LogP contribution in [0.15, 0.2) is 54.6 Å². The van der Waals surface area contributed by atoms with E-state index in [9.17, 15) is 13.2 Å². The van der Waals surface area contributed by atoms with E-state index in [1.54, 1.807) is 24.3 Å². The van der Waals surface area contributed by atoms with Crippen LogP contribution in [0.3, 0.4) is 0 Å². The Bertz CT molecular complexity index is 907. The van der Waals surface area contributed by atoms with Gasteiger partial charge in [-0.05, 0) is 36.6 Å². The van der Waals surface area contributed by atoms with E-state index in [0.29, 0.717) is 37.4 Å². The maximum atomic E-state index is 13.3. The molecule has 1 amide bonds. The Morgan fingerprint density at radius 1 is 1.07 bits per heavy atom. The van der Waals surface area contributed by atoms with Gasteiger partial charge in [0.25, 0.3) is 0 Å². The monoisotopic (exact) mass is 388 g/mol. The van der Waals surface area contributed by atoms with Crippen molar-refractivity contribution in [3.05, 3.63) is 60.2 Å². The fraction of sp³-hybridized carbons (Fsp3) is 0.350. The molecule has 0 aliphatic carbocycles. The minimum absolute atomic E-state index is 0.101. The Kier molecular flexibility index (Phi) is 5.53. The fourth-order valence-electron chi connectivity index (χ4n) is 3.35. The van der Waals surface area contributed by atoms with Crippen molar-refractivity contribution >= 4 is 27.3 Å². The number of nitrogens with one attached hydrogen (secondary N) is 1. The normalized spacial score (nSPS) is 16.5. The predicted molar refractivity (Wildman–Crippen MR) is 106 cm³/mol. The molecule has 0 atom stereocenters. The van der Waals surface area contributed by atoms with Crippen LogP contribution in [0.2, 0.25) is 0 Å². The second-order valence-electron chi connectivity index (χ2n) is 6.80. The lowest BCUT2D eigenvalue weighted by Gasteiger charge is -2.36. The van der Waals surface area contributed by atoms with Crippen LogP contribution < -0.4 is 9.62 Å². The Hall–Kier alpha value is -2.38. The van der Waals surface area contributed by atoms with Crippen molar-refractivity contribution in [2.75, 3.05) is 36.1 Å². The highest BCUT2D eigenvalue weighted by atomic mass is 32.2. The Morgan fingerprint density at radius 2 is 1.74 bits per heavy atom. The van der Waals surface area contributed by atoms with Gasteiger partial charge in [0.15, 0.2) is 0 Å². The highest BCUT2D eigenvalue weighted by Crippen LogP contribution is 2.36. The number of ether oxygens (including phenoxy) is 1. The van der Waals surface area contributed by atoms with Crippen LogP contribution in [0, 0.1) is 0 Å². The van der Waals surface area contributed by atoms with Gasteiger partial charge < -0.3 is 10.1 Å². The Balaban J connectivity index is 1.89. The number of carbonyl (C=O) groups excluding carboxylic acids is 1. The zero-order valence-electron chi connectivity index (χ0n) is 15.5. The zero-order chi connectivity index (χ0) is 19.5. The first-order chi connectivity index (χ1) is 12.8. The molecular weight excluding hydrogens is 364 g/mol. The molecule has 2 aromatic rings. The molecule has 0 aromatic heterocycles. The minimum Gasteiger partial charge on any atom is -0.381 e. The first-order valence-electron chi connectivity index (χ1n) is 8.82. The van der Waals surface area contributed by atoms with Crippen LogP contribution in [-0.2, 0) is 25.0 Å². The van der Waals surface area contributed by atoms with E-state index in [1.165, 1.54) is 11.4 Å². The number of hydrogen-bond donors (Lipinski definition) is 1. The van der Waals surface area contributed by atoms with Crippen molar-refractivity contribution in [2.45, 2.75) is 18.3 Å². The molecule has 1 fully saturated rings. The van der Waals surface area contributed by atoms with Gasteiger partial charge in [-0.15, -0.1) is 0 Å². The van der Waals surface area contributed by atoms with Crippen molar-refractivity contribution in [1.82, 2.24) is 0 Å². The Labute approximate surface area is 160 Å². The molecule has 1 aliphatic heterocycles. The molecule has 1 N–H and O–H groups in total. The van der Waals surface area contributed by atoms with Gasteiger partial charge >= 0.3 is 0 Å². The molecule has 0 bridgehead atoms. The standard InChI is InChI=1S/C20H24N2O4S/c1-22(27(2,24)25)18-10-6-9-17(15-18)21-19(23)20(11-13-26-14-12-20)16-7-4-3-5-8-16/h3-10,15H,11-14H2,1-2H3,(H,21,23). The summed E-state index contributed by atoms with van der Waals surface area (Å²) in [6.07, 6.45) is 2.35. The van der Waals surface area contributed by atoms with E-state index < -0.39 is 15.4 Å². The molecular formula is C20H24N2O4S. The molecule has 144 valence electrons. The zero-order valence-corrected chi connectivity index (χ0v) is 16.3. The van der Waals surface area contributed by atoms with Crippen molar-refractivity contribution < 1.29 is 17.9 Å². The number of rotatable bonds is 5. The van der Waals surface area contributed by atoms with E-state index in [0.717, 1.165) is 11.8 Å². The van der Waals surface area contributed by atoms with Crippen molar-refractivity contribution in [3.63, 3.8) is 0 Å². The summed E-state index contributed by atoms with van der Waals surface area (Å²) in [7, 11) is -1.89. The van der Waals surface area contributed by atoms with Crippen molar-refractivity contribution in [3.8, 4) is 0 Å². The summed E-state index contributed by atoms with van der Waals surface area (Å²) in [5.74, 6) is -0.101. The maximum Gasteiger partial charge on any atom is 0.235 e. The molecule has 1 saturated heterocycles. The molecule has 0 saturated carbocycles. The summed E-state index contributed by atoms with van der Waals surface area (Å²) in [6.45, 7) is 1.05. The molecule has 0 unspecified atom stereocenters. The fourth-order valence-corrected chi connectivity index (χ4v) is 3.84. The number of sulfonamides is 1. The molecule has 0 spiro atoms. The van der Waals surface area contributed by atoms with E-state index in [-0.39, 0.29) is 5.91 Å². The van der Waals surface area contributed by atoms with Crippen LogP contribution >= 0.6 is 0 Å². The van der Waals surface area contributed by atoms with E-state index in [2.05, 4.69) is 5.32 Å². The van der Waals surface area contributed by atoms with Crippen LogP contribution in [0.1, 0.15) is 18.4 Å². The van der Waals surface area contributed by atoms with Gasteiger partial charge in [-0.25, -0.2) is 8.42 Å². The van der Waals surface area contributed by atoms with Gasteiger partial charge in [0, 0.05) is 25.9 Å². The number of carbonyl (C=O) groups is 1. The van der Waals surface area contributed by atoms with E-state index >= 15 is 0 Å². The average Bonchev–Trinajstić information content (AvgIpc) is 2.68. The third-order valence-corrected chi connectivity index (χ3v) is 6.28. The number of hydrogen-bond acceptors (Lipinski definition) is 4. The van der Waals surface area contributed by atoms with Gasteiger partial charge in [-0.3, -0.25) is 9.10 Å². The SMILES string of the molecule is CN(c1cccc(NC(=O)C2(c3ccccc3)CCOCC2)c1)S(C)(=O)=O. The average molecular weight is 388 g/mol. The molecule has 27 heavy (non-hydrogen) atoms. The van der Waals surface area contributed by atoms with Gasteiger partial charge in [-0.2, -0.15) is 0 Å². The van der Waals surface area contributed by atoms with Gasteiger partial charge in [0.1, 0.15) is 0 Å². The van der Waals surface area contributed by atoms with E-state index in [1.807, 2.05) is 30.3 Å². The summed E-state index contributed by atoms with van der Waals surface area (Å²) in [5, 5.41) is 2.98. The lowest BCUT2D eigenvalue weighted by atomic mass is 9.73. The van der Waals surface area contributed by atoms with E-state index in [4.69, 9.17) is 4.74 Å². The van der Waals surface area contributed by atoms with Crippen LogP contribution in [0.5, 0.6) is 0 Å². The second-order valence-corrected chi connectivity index (χ2v) is 8.81. The third-order valence-electron chi connectivity index (χ3n) is 5.07. The molecule has 2 aromatic carbocycles. The molecule has 6 nitrogen and oxygen atoms in total. The molecule has 0 radical (unpaired) electrons. The first kappa shape index (κ1) is 19.4. The Morgan fingerprint density at radius 3 is 2.37 bits per heavy atom. The van der Waals surface area contributed by atoms with Crippen LogP contribution in [0.4, 0.5) is 11.4 Å². The lowest BCUT2D eigenvalue weighted by molar-refractivity contribution is -0.125. The predicted octanol–water partition coefficient (Wildman–Crippen LogP) is 2.77. The number of nitrogens with zero attached hydrogens (tertiary/aromatic N) is 1. The summed E-state index contributed by atoms with van der Waals surface area (Å²) in [5.41, 5.74) is 1.37. The number of anilines is 2. The molecule has 7 heteroatoms. The quantitative estimate of drug-likeness (QED) is 0.855. The third kappa shape index (κ3) is 4.14. The molecule has 1 heterocycles. The largest absolute Gasteiger partial charge is 0.381 e. The summed E-state index contributed by atoms with van der Waals surface area (Å²) >= 11 is 0. The van der Waals surface area contributed by atoms with Crippen LogP contribution in [-0.4, -0.2) is 40.8 Å². The smallest absolute Gasteiger partial charge is 0.235 e. The summed E-state index contributed by atoms with van der Waals surface area (Å²) in [4.78, 5) is 13.3. The van der Waals surface area contributed by atoms with Gasteiger partial charge in [0.2, 0.25) is 15.9 Å². The highest BCUT2D eigenvalue weighted by molar-refractivity contribution is 7.92. The summed E-state index contributed by atoms with van der Waals surface area (Å²) in [6, 6.07) is 16.6.